The molecule has 0 atom stereocenters. The lowest BCUT2D eigenvalue weighted by molar-refractivity contribution is 0.0955. The minimum absolute atomic E-state index is 0.167. The zero-order chi connectivity index (χ0) is 15.2. The Kier molecular flexibility index (Phi) is 5.40. The smallest absolute Gasteiger partial charge is 0.263 e. The number of hydrogen-bond donors (Lipinski definition) is 2. The van der Waals surface area contributed by atoms with E-state index in [2.05, 4.69) is 17.2 Å². The van der Waals surface area contributed by atoms with Gasteiger partial charge in [0.05, 0.1) is 11.6 Å². The number of amides is 1. The number of aryl methyl sites for hydroxylation is 1. The fraction of sp³-hybridized carbons (Fsp3) is 0.188. The lowest BCUT2D eigenvalue weighted by Gasteiger charge is -2.06. The number of nitrogens with two attached hydrogens (primary N) is 1. The summed E-state index contributed by atoms with van der Waals surface area (Å²) in [5, 5.41) is 5.27. The molecule has 0 aliphatic heterocycles. The zero-order valence-corrected chi connectivity index (χ0v) is 13.1. The van der Waals surface area contributed by atoms with Crippen molar-refractivity contribution in [2.75, 3.05) is 6.54 Å². The van der Waals surface area contributed by atoms with Crippen LogP contribution < -0.4 is 11.1 Å². The Labute approximate surface area is 133 Å². The first-order valence-corrected chi connectivity index (χ1v) is 7.68. The molecule has 0 bridgehead atoms. The van der Waals surface area contributed by atoms with E-state index in [1.807, 2.05) is 36.6 Å². The molecule has 1 amide bonds. The van der Waals surface area contributed by atoms with E-state index in [-0.39, 0.29) is 5.91 Å². The number of hydrogen-bond acceptors (Lipinski definition) is 3. The Morgan fingerprint density at radius 2 is 2.19 bits per heavy atom. The van der Waals surface area contributed by atoms with Gasteiger partial charge in [0.25, 0.3) is 5.91 Å². The van der Waals surface area contributed by atoms with E-state index in [1.165, 1.54) is 11.3 Å². The molecule has 3 nitrogen and oxygen atoms in total. The Balaban J connectivity index is 2.10. The van der Waals surface area contributed by atoms with Crippen LogP contribution in [0.1, 0.15) is 26.4 Å². The minimum atomic E-state index is -0.167. The fourth-order valence-electron chi connectivity index (χ4n) is 1.78. The van der Waals surface area contributed by atoms with Gasteiger partial charge in [-0.3, -0.25) is 4.79 Å². The van der Waals surface area contributed by atoms with Crippen molar-refractivity contribution in [3.63, 3.8) is 0 Å². The molecule has 3 N–H and O–H groups in total. The molecule has 108 valence electrons. The predicted octanol–water partition coefficient (Wildman–Crippen LogP) is 2.95. The van der Waals surface area contributed by atoms with Crippen molar-refractivity contribution in [1.82, 2.24) is 5.32 Å². The molecule has 0 fully saturated rings. The average Bonchev–Trinajstić information content (AvgIpc) is 2.83. The van der Waals surface area contributed by atoms with E-state index in [0.717, 1.165) is 16.7 Å². The third kappa shape index (κ3) is 3.85. The summed E-state index contributed by atoms with van der Waals surface area (Å²) in [7, 11) is 0. The van der Waals surface area contributed by atoms with E-state index in [0.29, 0.717) is 23.0 Å². The molecule has 2 rings (SSSR count). The molecule has 0 saturated heterocycles. The molecule has 0 unspecified atom stereocenters. The number of halogens is 1. The van der Waals surface area contributed by atoms with Gasteiger partial charge in [-0.25, -0.2) is 0 Å². The second-order valence-electron chi connectivity index (χ2n) is 4.41. The van der Waals surface area contributed by atoms with Crippen LogP contribution in [0.15, 0.2) is 29.6 Å². The SMILES string of the molecule is Cc1csc(C(=O)NCc2ccccc2C#CCN)c1Cl. The fourth-order valence-corrected chi connectivity index (χ4v) is 2.98. The molecule has 21 heavy (non-hydrogen) atoms. The topological polar surface area (TPSA) is 55.1 Å². The first kappa shape index (κ1) is 15.6. The summed E-state index contributed by atoms with van der Waals surface area (Å²) in [6, 6.07) is 7.66. The van der Waals surface area contributed by atoms with Crippen LogP contribution in [-0.2, 0) is 6.54 Å². The number of carbonyl (C=O) groups excluding carboxylic acids is 1. The number of benzene rings is 1. The van der Waals surface area contributed by atoms with Crippen LogP contribution in [0.4, 0.5) is 0 Å². The molecular formula is C16H15ClN2OS. The van der Waals surface area contributed by atoms with Crippen LogP contribution >= 0.6 is 22.9 Å². The van der Waals surface area contributed by atoms with Gasteiger partial charge in [0.15, 0.2) is 0 Å². The first-order chi connectivity index (χ1) is 10.1. The summed E-state index contributed by atoms with van der Waals surface area (Å²) in [6.07, 6.45) is 0. The third-order valence-electron chi connectivity index (χ3n) is 2.89. The second-order valence-corrected chi connectivity index (χ2v) is 5.67. The maximum absolute atomic E-state index is 12.1. The van der Waals surface area contributed by atoms with Gasteiger partial charge in [-0.15, -0.1) is 11.3 Å². The van der Waals surface area contributed by atoms with Crippen molar-refractivity contribution in [1.29, 1.82) is 0 Å². The number of carbonyl (C=O) groups is 1. The van der Waals surface area contributed by atoms with Crippen molar-refractivity contribution in [3.8, 4) is 11.8 Å². The van der Waals surface area contributed by atoms with Crippen LogP contribution in [-0.4, -0.2) is 12.5 Å². The number of rotatable bonds is 3. The Morgan fingerprint density at radius 3 is 2.86 bits per heavy atom. The summed E-state index contributed by atoms with van der Waals surface area (Å²) >= 11 is 7.45. The van der Waals surface area contributed by atoms with Crippen LogP contribution in [0, 0.1) is 18.8 Å². The van der Waals surface area contributed by atoms with Crippen molar-refractivity contribution >= 4 is 28.8 Å². The van der Waals surface area contributed by atoms with E-state index in [9.17, 15) is 4.79 Å². The second kappa shape index (κ2) is 7.28. The molecule has 0 aliphatic rings. The Morgan fingerprint density at radius 1 is 1.43 bits per heavy atom. The lowest BCUT2D eigenvalue weighted by Crippen LogP contribution is -2.22. The molecule has 2 aromatic rings. The van der Waals surface area contributed by atoms with Gasteiger partial charge in [0.1, 0.15) is 4.88 Å². The van der Waals surface area contributed by atoms with Gasteiger partial charge in [-0.2, -0.15) is 0 Å². The molecular weight excluding hydrogens is 304 g/mol. The minimum Gasteiger partial charge on any atom is -0.347 e. The van der Waals surface area contributed by atoms with Crippen molar-refractivity contribution in [2.24, 2.45) is 5.73 Å². The average molecular weight is 319 g/mol. The van der Waals surface area contributed by atoms with Crippen molar-refractivity contribution < 1.29 is 4.79 Å². The lowest BCUT2D eigenvalue weighted by atomic mass is 10.1. The monoisotopic (exact) mass is 318 g/mol. The third-order valence-corrected chi connectivity index (χ3v) is 4.58. The van der Waals surface area contributed by atoms with Crippen molar-refractivity contribution in [3.05, 3.63) is 56.2 Å². The van der Waals surface area contributed by atoms with E-state index < -0.39 is 0 Å². The molecule has 0 aliphatic carbocycles. The van der Waals surface area contributed by atoms with Gasteiger partial charge in [-0.1, -0.05) is 41.6 Å². The van der Waals surface area contributed by atoms with Gasteiger partial charge < -0.3 is 11.1 Å². The summed E-state index contributed by atoms with van der Waals surface area (Å²) in [6.45, 7) is 2.60. The normalized spacial score (nSPS) is 9.86. The summed E-state index contributed by atoms with van der Waals surface area (Å²) in [5.74, 6) is 5.66. The molecule has 0 spiro atoms. The summed E-state index contributed by atoms with van der Waals surface area (Å²) in [4.78, 5) is 12.7. The molecule has 0 saturated carbocycles. The Bertz CT molecular complexity index is 713. The highest BCUT2D eigenvalue weighted by Crippen LogP contribution is 2.26. The molecule has 1 aromatic heterocycles. The van der Waals surface area contributed by atoms with Crippen LogP contribution in [0.2, 0.25) is 5.02 Å². The van der Waals surface area contributed by atoms with E-state index in [1.54, 1.807) is 0 Å². The first-order valence-electron chi connectivity index (χ1n) is 6.42. The summed E-state index contributed by atoms with van der Waals surface area (Å²) in [5.41, 5.74) is 8.13. The standard InChI is InChI=1S/C16H15ClN2OS/c1-11-10-21-15(14(11)17)16(20)19-9-13-6-3-2-5-12(13)7-4-8-18/h2-3,5-6,10H,8-9,18H2,1H3,(H,19,20). The number of thiophene rings is 1. The number of nitrogens with one attached hydrogen (secondary N) is 1. The largest absolute Gasteiger partial charge is 0.347 e. The molecule has 5 heteroatoms. The van der Waals surface area contributed by atoms with Crippen LogP contribution in [0.25, 0.3) is 0 Å². The van der Waals surface area contributed by atoms with Gasteiger partial charge in [0, 0.05) is 12.1 Å². The quantitative estimate of drug-likeness (QED) is 0.855. The van der Waals surface area contributed by atoms with E-state index >= 15 is 0 Å². The molecule has 0 radical (unpaired) electrons. The van der Waals surface area contributed by atoms with E-state index in [4.69, 9.17) is 17.3 Å². The highest BCUT2D eigenvalue weighted by atomic mass is 35.5. The highest BCUT2D eigenvalue weighted by molar-refractivity contribution is 7.13. The van der Waals surface area contributed by atoms with Crippen molar-refractivity contribution in [2.45, 2.75) is 13.5 Å². The molecule has 1 aromatic carbocycles. The maximum atomic E-state index is 12.1. The predicted molar refractivity (Wildman–Crippen MR) is 87.6 cm³/mol. The maximum Gasteiger partial charge on any atom is 0.263 e. The highest BCUT2D eigenvalue weighted by Gasteiger charge is 2.14. The summed E-state index contributed by atoms with van der Waals surface area (Å²) < 4.78 is 0. The van der Waals surface area contributed by atoms with Crippen LogP contribution in [0.5, 0.6) is 0 Å². The Hall–Kier alpha value is -1.80. The zero-order valence-electron chi connectivity index (χ0n) is 11.6. The van der Waals surface area contributed by atoms with Gasteiger partial charge >= 0.3 is 0 Å². The van der Waals surface area contributed by atoms with Gasteiger partial charge in [-0.05, 0) is 29.5 Å². The molecule has 1 heterocycles. The van der Waals surface area contributed by atoms with Gasteiger partial charge in [0.2, 0.25) is 0 Å². The van der Waals surface area contributed by atoms with Crippen LogP contribution in [0.3, 0.4) is 0 Å².